The van der Waals surface area contributed by atoms with Crippen LogP contribution in [0.25, 0.3) is 10.9 Å². The number of halogens is 1. The average Bonchev–Trinajstić information content (AvgIpc) is 3.11. The van der Waals surface area contributed by atoms with E-state index < -0.39 is 6.04 Å². The second-order valence-corrected chi connectivity index (χ2v) is 6.46. The van der Waals surface area contributed by atoms with Crippen molar-refractivity contribution < 1.29 is 14.3 Å². The van der Waals surface area contributed by atoms with Gasteiger partial charge in [-0.2, -0.15) is 0 Å². The van der Waals surface area contributed by atoms with Gasteiger partial charge in [0.15, 0.2) is 11.5 Å². The molecule has 0 spiro atoms. The molecule has 1 amide bonds. The van der Waals surface area contributed by atoms with Crippen molar-refractivity contribution in [3.8, 4) is 11.5 Å². The zero-order valence-electron chi connectivity index (χ0n) is 16.2. The van der Waals surface area contributed by atoms with E-state index >= 15 is 0 Å². The van der Waals surface area contributed by atoms with E-state index in [0.717, 1.165) is 22.0 Å². The summed E-state index contributed by atoms with van der Waals surface area (Å²) in [6.45, 7) is 2.06. The largest absolute Gasteiger partial charge is 0.493 e. The summed E-state index contributed by atoms with van der Waals surface area (Å²) < 4.78 is 11.1. The smallest absolute Gasteiger partial charge is 0.236 e. The Morgan fingerprint density at radius 2 is 1.86 bits per heavy atom. The van der Waals surface area contributed by atoms with E-state index in [9.17, 15) is 4.79 Å². The third-order valence-electron chi connectivity index (χ3n) is 4.70. The Kier molecular flexibility index (Phi) is 7.31. The number of aromatic nitrogens is 1. The molecule has 7 heteroatoms. The van der Waals surface area contributed by atoms with Crippen molar-refractivity contribution in [2.75, 3.05) is 20.8 Å². The first-order chi connectivity index (χ1) is 13.1. The van der Waals surface area contributed by atoms with Gasteiger partial charge >= 0.3 is 0 Å². The standard InChI is InChI=1S/C21H25N3O3.ClH/c1-13(22)21(25)24-12-17(15-8-6-10-19(26-2)20(15)27-3)16-11-23-18-9-5-4-7-14(16)18;/h4-11,13,17,23H,12,22H2,1-3H3,(H,24,25);1H. The van der Waals surface area contributed by atoms with Crippen molar-refractivity contribution in [1.82, 2.24) is 10.3 Å². The van der Waals surface area contributed by atoms with Gasteiger partial charge in [-0.05, 0) is 24.6 Å². The van der Waals surface area contributed by atoms with Gasteiger partial charge in [-0.15, -0.1) is 12.4 Å². The number of fused-ring (bicyclic) bond motifs is 1. The SMILES string of the molecule is COc1cccc(C(CNC(=O)C(C)N)c2c[nH]c3ccccc23)c1OC.Cl. The highest BCUT2D eigenvalue weighted by Crippen LogP contribution is 2.40. The molecular weight excluding hydrogens is 378 g/mol. The van der Waals surface area contributed by atoms with E-state index in [4.69, 9.17) is 15.2 Å². The number of methoxy groups -OCH3 is 2. The van der Waals surface area contributed by atoms with Crippen LogP contribution >= 0.6 is 12.4 Å². The number of hydrogen-bond acceptors (Lipinski definition) is 4. The van der Waals surface area contributed by atoms with Crippen molar-refractivity contribution in [2.24, 2.45) is 5.73 Å². The van der Waals surface area contributed by atoms with Crippen LogP contribution < -0.4 is 20.5 Å². The minimum absolute atomic E-state index is 0. The molecule has 150 valence electrons. The van der Waals surface area contributed by atoms with E-state index in [0.29, 0.717) is 18.0 Å². The molecule has 3 aromatic rings. The lowest BCUT2D eigenvalue weighted by Crippen LogP contribution is -2.40. The summed E-state index contributed by atoms with van der Waals surface area (Å²) >= 11 is 0. The predicted molar refractivity (Wildman–Crippen MR) is 114 cm³/mol. The number of carbonyl (C=O) groups excluding carboxylic acids is 1. The van der Waals surface area contributed by atoms with Crippen molar-refractivity contribution in [3.63, 3.8) is 0 Å². The highest BCUT2D eigenvalue weighted by molar-refractivity contribution is 5.85. The number of H-pyrrole nitrogens is 1. The highest BCUT2D eigenvalue weighted by atomic mass is 35.5. The van der Waals surface area contributed by atoms with Crippen LogP contribution in [-0.2, 0) is 4.79 Å². The van der Waals surface area contributed by atoms with Crippen molar-refractivity contribution in [2.45, 2.75) is 18.9 Å². The molecular formula is C21H26ClN3O3. The van der Waals surface area contributed by atoms with Gasteiger partial charge in [0.1, 0.15) is 0 Å². The zero-order chi connectivity index (χ0) is 19.4. The number of benzene rings is 2. The van der Waals surface area contributed by atoms with Gasteiger partial charge in [0.2, 0.25) is 5.91 Å². The predicted octanol–water partition coefficient (Wildman–Crippen LogP) is 3.20. The van der Waals surface area contributed by atoms with Crippen LogP contribution in [0.5, 0.6) is 11.5 Å². The van der Waals surface area contributed by atoms with Gasteiger partial charge in [-0.1, -0.05) is 30.3 Å². The Balaban J connectivity index is 0.00000280. The fourth-order valence-corrected chi connectivity index (χ4v) is 3.32. The molecule has 28 heavy (non-hydrogen) atoms. The lowest BCUT2D eigenvalue weighted by molar-refractivity contribution is -0.122. The molecule has 2 aromatic carbocycles. The normalized spacial score (nSPS) is 12.7. The highest BCUT2D eigenvalue weighted by Gasteiger charge is 2.24. The number of ether oxygens (including phenoxy) is 2. The molecule has 3 rings (SSSR count). The molecule has 1 aromatic heterocycles. The number of rotatable bonds is 7. The summed E-state index contributed by atoms with van der Waals surface area (Å²) in [5, 5.41) is 4.05. The molecule has 0 saturated heterocycles. The van der Waals surface area contributed by atoms with Crippen molar-refractivity contribution in [1.29, 1.82) is 0 Å². The van der Waals surface area contributed by atoms with E-state index in [1.54, 1.807) is 21.1 Å². The van der Waals surface area contributed by atoms with E-state index in [2.05, 4.69) is 16.4 Å². The van der Waals surface area contributed by atoms with Crippen LogP contribution in [0, 0.1) is 0 Å². The second-order valence-electron chi connectivity index (χ2n) is 6.46. The number of carbonyl (C=O) groups is 1. The molecule has 0 aliphatic heterocycles. The first kappa shape index (κ1) is 21.6. The lowest BCUT2D eigenvalue weighted by Gasteiger charge is -2.22. The van der Waals surface area contributed by atoms with Gasteiger partial charge in [-0.3, -0.25) is 4.79 Å². The number of aromatic amines is 1. The van der Waals surface area contributed by atoms with Gasteiger partial charge in [-0.25, -0.2) is 0 Å². The molecule has 0 aliphatic rings. The van der Waals surface area contributed by atoms with Gasteiger partial charge in [0.25, 0.3) is 0 Å². The Morgan fingerprint density at radius 3 is 2.54 bits per heavy atom. The minimum atomic E-state index is -0.569. The van der Waals surface area contributed by atoms with E-state index in [1.165, 1.54) is 0 Å². The van der Waals surface area contributed by atoms with Crippen molar-refractivity contribution in [3.05, 3.63) is 59.8 Å². The minimum Gasteiger partial charge on any atom is -0.493 e. The summed E-state index contributed by atoms with van der Waals surface area (Å²) in [5.74, 6) is 0.985. The number of amides is 1. The number of nitrogens with two attached hydrogens (primary N) is 1. The molecule has 0 bridgehead atoms. The zero-order valence-corrected chi connectivity index (χ0v) is 17.0. The Hall–Kier alpha value is -2.70. The summed E-state index contributed by atoms with van der Waals surface area (Å²) in [6, 6.07) is 13.3. The molecule has 0 radical (unpaired) electrons. The van der Waals surface area contributed by atoms with Crippen molar-refractivity contribution >= 4 is 29.2 Å². The maximum Gasteiger partial charge on any atom is 0.236 e. The third kappa shape index (κ3) is 4.24. The Morgan fingerprint density at radius 1 is 1.11 bits per heavy atom. The maximum atomic E-state index is 12.1. The van der Waals surface area contributed by atoms with Gasteiger partial charge in [0, 0.05) is 35.1 Å². The van der Waals surface area contributed by atoms with E-state index in [1.807, 2.05) is 42.6 Å². The lowest BCUT2D eigenvalue weighted by atomic mass is 9.89. The number of para-hydroxylation sites is 2. The summed E-state index contributed by atoms with van der Waals surface area (Å²) in [6.07, 6.45) is 1.98. The fraction of sp³-hybridized carbons (Fsp3) is 0.286. The fourth-order valence-electron chi connectivity index (χ4n) is 3.32. The Bertz CT molecular complexity index is 940. The molecule has 2 atom stereocenters. The molecule has 1 heterocycles. The Labute approximate surface area is 170 Å². The average molecular weight is 404 g/mol. The van der Waals surface area contributed by atoms with Crippen LogP contribution in [0.15, 0.2) is 48.7 Å². The van der Waals surface area contributed by atoms with Crippen LogP contribution in [0.1, 0.15) is 24.0 Å². The van der Waals surface area contributed by atoms with Crippen LogP contribution in [0.4, 0.5) is 0 Å². The first-order valence-electron chi connectivity index (χ1n) is 8.87. The number of nitrogens with one attached hydrogen (secondary N) is 2. The van der Waals surface area contributed by atoms with Gasteiger partial charge in [0.05, 0.1) is 20.3 Å². The summed E-state index contributed by atoms with van der Waals surface area (Å²) in [7, 11) is 3.23. The van der Waals surface area contributed by atoms with E-state index in [-0.39, 0.29) is 24.2 Å². The topological polar surface area (TPSA) is 89.4 Å². The number of hydrogen-bond donors (Lipinski definition) is 3. The van der Waals surface area contributed by atoms with Crippen LogP contribution in [-0.4, -0.2) is 37.7 Å². The summed E-state index contributed by atoms with van der Waals surface area (Å²) in [5.41, 5.74) is 8.76. The molecule has 0 aliphatic carbocycles. The molecule has 6 nitrogen and oxygen atoms in total. The molecule has 0 fully saturated rings. The van der Waals surface area contributed by atoms with Crippen LogP contribution in [0.3, 0.4) is 0 Å². The summed E-state index contributed by atoms with van der Waals surface area (Å²) in [4.78, 5) is 15.4. The maximum absolute atomic E-state index is 12.1. The monoisotopic (exact) mass is 403 g/mol. The van der Waals surface area contributed by atoms with Crippen LogP contribution in [0.2, 0.25) is 0 Å². The first-order valence-corrected chi connectivity index (χ1v) is 8.87. The van der Waals surface area contributed by atoms with Gasteiger partial charge < -0.3 is 25.5 Å². The quantitative estimate of drug-likeness (QED) is 0.565. The molecule has 0 saturated carbocycles. The molecule has 4 N–H and O–H groups in total. The third-order valence-corrected chi connectivity index (χ3v) is 4.70. The molecule has 2 unspecified atom stereocenters. The second kappa shape index (κ2) is 9.48.